The summed E-state index contributed by atoms with van der Waals surface area (Å²) in [6.45, 7) is 5.21. The largest absolute Gasteiger partial charge is 0.444 e. The molecule has 1 aromatic heterocycles. The van der Waals surface area contributed by atoms with Gasteiger partial charge in [0.1, 0.15) is 5.76 Å². The van der Waals surface area contributed by atoms with Crippen LogP contribution in [-0.4, -0.2) is 24.5 Å². The molecule has 24 heavy (non-hydrogen) atoms. The average Bonchev–Trinajstić information content (AvgIpc) is 2.87. The highest BCUT2D eigenvalue weighted by molar-refractivity contribution is 14.0. The zero-order chi connectivity index (χ0) is 16.7. The van der Waals surface area contributed by atoms with Crippen molar-refractivity contribution in [2.45, 2.75) is 33.2 Å². The summed E-state index contributed by atoms with van der Waals surface area (Å²) in [6.07, 6.45) is 2.01. The number of oxazole rings is 1. The van der Waals surface area contributed by atoms with Gasteiger partial charge in [-0.2, -0.15) is 0 Å². The second-order valence-electron chi connectivity index (χ2n) is 5.33. The molecule has 0 amide bonds. The van der Waals surface area contributed by atoms with Crippen LogP contribution in [0.15, 0.2) is 33.7 Å². The molecule has 0 bridgehead atoms. The summed E-state index contributed by atoms with van der Waals surface area (Å²) in [5.41, 5.74) is 2.21. The van der Waals surface area contributed by atoms with Gasteiger partial charge in [0.2, 0.25) is 5.89 Å². The van der Waals surface area contributed by atoms with Crippen molar-refractivity contribution in [3.05, 3.63) is 52.2 Å². The van der Waals surface area contributed by atoms with Crippen LogP contribution in [-0.2, 0) is 13.0 Å². The molecule has 0 aliphatic rings. The van der Waals surface area contributed by atoms with E-state index >= 15 is 0 Å². The molecule has 1 heterocycles. The van der Waals surface area contributed by atoms with Gasteiger partial charge in [-0.1, -0.05) is 23.7 Å². The molecule has 2 N–H and O–H groups in total. The molecule has 0 atom stereocenters. The Hall–Kier alpha value is -1.28. The molecule has 2 aromatic rings. The lowest BCUT2D eigenvalue weighted by Crippen LogP contribution is -2.37. The van der Waals surface area contributed by atoms with Crippen LogP contribution in [0.2, 0.25) is 5.02 Å². The van der Waals surface area contributed by atoms with Crippen molar-refractivity contribution in [2.75, 3.05) is 13.6 Å². The second kappa shape index (κ2) is 10.6. The highest BCUT2D eigenvalue weighted by Crippen LogP contribution is 2.10. The van der Waals surface area contributed by atoms with Crippen LogP contribution in [0.25, 0.3) is 0 Å². The predicted molar refractivity (Wildman–Crippen MR) is 109 cm³/mol. The fraction of sp³-hybridized carbons (Fsp3) is 0.412. The number of nitrogens with one attached hydrogen (secondary N) is 2. The summed E-state index contributed by atoms with van der Waals surface area (Å²) in [5, 5.41) is 7.26. The van der Waals surface area contributed by atoms with Crippen LogP contribution in [0.4, 0.5) is 0 Å². The molecule has 0 spiro atoms. The van der Waals surface area contributed by atoms with Crippen molar-refractivity contribution in [3.63, 3.8) is 0 Å². The molecule has 0 unspecified atom stereocenters. The Morgan fingerprint density at radius 1 is 1.21 bits per heavy atom. The first kappa shape index (κ1) is 20.8. The zero-order valence-electron chi connectivity index (χ0n) is 14.2. The minimum absolute atomic E-state index is 0. The summed E-state index contributed by atoms with van der Waals surface area (Å²) in [7, 11) is 1.75. The van der Waals surface area contributed by atoms with Gasteiger partial charge in [0, 0.05) is 18.6 Å². The van der Waals surface area contributed by atoms with E-state index in [-0.39, 0.29) is 24.0 Å². The lowest BCUT2D eigenvalue weighted by Gasteiger charge is -2.10. The standard InChI is InChI=1S/C17H23ClN4O.HI/c1-12-13(2)23-16(22-12)11-21-17(19-3)20-10-4-5-14-6-8-15(18)9-7-14;/h6-9H,4-5,10-11H2,1-3H3,(H2,19,20,21);1H. The molecule has 0 saturated carbocycles. The van der Waals surface area contributed by atoms with E-state index in [4.69, 9.17) is 16.0 Å². The van der Waals surface area contributed by atoms with Gasteiger partial charge in [-0.3, -0.25) is 4.99 Å². The van der Waals surface area contributed by atoms with E-state index in [9.17, 15) is 0 Å². The Morgan fingerprint density at radius 3 is 2.50 bits per heavy atom. The predicted octanol–water partition coefficient (Wildman–Crippen LogP) is 3.86. The van der Waals surface area contributed by atoms with E-state index in [1.54, 1.807) is 7.05 Å². The Balaban J connectivity index is 0.00000288. The third-order valence-corrected chi connectivity index (χ3v) is 3.80. The molecular weight excluding hydrogens is 439 g/mol. The van der Waals surface area contributed by atoms with Crippen molar-refractivity contribution in [1.82, 2.24) is 15.6 Å². The van der Waals surface area contributed by atoms with E-state index < -0.39 is 0 Å². The molecule has 0 radical (unpaired) electrons. The number of rotatable bonds is 6. The number of hydrogen-bond acceptors (Lipinski definition) is 3. The van der Waals surface area contributed by atoms with Gasteiger partial charge >= 0.3 is 0 Å². The Bertz CT molecular complexity index is 636. The zero-order valence-corrected chi connectivity index (χ0v) is 17.3. The van der Waals surface area contributed by atoms with Gasteiger partial charge < -0.3 is 15.1 Å². The van der Waals surface area contributed by atoms with Gasteiger partial charge in [-0.15, -0.1) is 24.0 Å². The van der Waals surface area contributed by atoms with Gasteiger partial charge in [0.05, 0.1) is 12.2 Å². The third-order valence-electron chi connectivity index (χ3n) is 3.55. The number of nitrogens with zero attached hydrogens (tertiary/aromatic N) is 2. The Morgan fingerprint density at radius 2 is 1.92 bits per heavy atom. The molecule has 0 aliphatic heterocycles. The molecule has 0 aliphatic carbocycles. The monoisotopic (exact) mass is 462 g/mol. The topological polar surface area (TPSA) is 62.5 Å². The summed E-state index contributed by atoms with van der Waals surface area (Å²) in [6, 6.07) is 7.96. The Labute approximate surface area is 165 Å². The van der Waals surface area contributed by atoms with Crippen molar-refractivity contribution < 1.29 is 4.42 Å². The maximum absolute atomic E-state index is 5.88. The van der Waals surface area contributed by atoms with Crippen LogP contribution in [0.3, 0.4) is 0 Å². The maximum atomic E-state index is 5.88. The number of aliphatic imine (C=N–C) groups is 1. The van der Waals surface area contributed by atoms with Crippen molar-refractivity contribution in [1.29, 1.82) is 0 Å². The quantitative estimate of drug-likeness (QED) is 0.296. The minimum Gasteiger partial charge on any atom is -0.444 e. The van der Waals surface area contributed by atoms with E-state index in [0.717, 1.165) is 41.8 Å². The normalized spacial score (nSPS) is 11.1. The number of halogens is 2. The van der Waals surface area contributed by atoms with Crippen molar-refractivity contribution in [2.24, 2.45) is 4.99 Å². The number of hydrogen-bond donors (Lipinski definition) is 2. The fourth-order valence-corrected chi connectivity index (χ4v) is 2.27. The average molecular weight is 463 g/mol. The van der Waals surface area contributed by atoms with Crippen LogP contribution in [0.1, 0.15) is 29.3 Å². The highest BCUT2D eigenvalue weighted by atomic mass is 127. The van der Waals surface area contributed by atoms with Gasteiger partial charge in [0.15, 0.2) is 5.96 Å². The summed E-state index contributed by atoms with van der Waals surface area (Å²) >= 11 is 5.88. The molecule has 0 saturated heterocycles. The van der Waals surface area contributed by atoms with E-state index in [0.29, 0.717) is 12.4 Å². The maximum Gasteiger partial charge on any atom is 0.214 e. The molecule has 2 rings (SSSR count). The first-order chi connectivity index (χ1) is 11.1. The SMILES string of the molecule is CN=C(NCCCc1ccc(Cl)cc1)NCc1nc(C)c(C)o1.I. The van der Waals surface area contributed by atoms with E-state index in [1.807, 2.05) is 26.0 Å². The van der Waals surface area contributed by atoms with Gasteiger partial charge in [-0.05, 0) is 44.4 Å². The van der Waals surface area contributed by atoms with Crippen molar-refractivity contribution >= 4 is 41.5 Å². The molecule has 5 nitrogen and oxygen atoms in total. The molecular formula is C17H24ClIN4O. The molecule has 1 aromatic carbocycles. The molecule has 132 valence electrons. The number of guanidine groups is 1. The first-order valence-electron chi connectivity index (χ1n) is 7.70. The van der Waals surface area contributed by atoms with Gasteiger partial charge in [0.25, 0.3) is 0 Å². The van der Waals surface area contributed by atoms with E-state index in [1.165, 1.54) is 5.56 Å². The van der Waals surface area contributed by atoms with Crippen LogP contribution < -0.4 is 10.6 Å². The second-order valence-corrected chi connectivity index (χ2v) is 5.77. The number of aromatic nitrogens is 1. The van der Waals surface area contributed by atoms with Crippen molar-refractivity contribution in [3.8, 4) is 0 Å². The first-order valence-corrected chi connectivity index (χ1v) is 8.08. The summed E-state index contributed by atoms with van der Waals surface area (Å²) in [4.78, 5) is 8.53. The minimum atomic E-state index is 0. The number of benzene rings is 1. The summed E-state index contributed by atoms with van der Waals surface area (Å²) < 4.78 is 5.54. The molecule has 0 fully saturated rings. The van der Waals surface area contributed by atoms with Crippen LogP contribution in [0.5, 0.6) is 0 Å². The summed E-state index contributed by atoms with van der Waals surface area (Å²) in [5.74, 6) is 2.27. The highest BCUT2D eigenvalue weighted by Gasteiger charge is 2.06. The lowest BCUT2D eigenvalue weighted by molar-refractivity contribution is 0.463. The van der Waals surface area contributed by atoms with Crippen LogP contribution >= 0.6 is 35.6 Å². The van der Waals surface area contributed by atoms with Crippen LogP contribution in [0, 0.1) is 13.8 Å². The lowest BCUT2D eigenvalue weighted by atomic mass is 10.1. The fourth-order valence-electron chi connectivity index (χ4n) is 2.15. The van der Waals surface area contributed by atoms with E-state index in [2.05, 4.69) is 32.7 Å². The smallest absolute Gasteiger partial charge is 0.214 e. The Kier molecular flexibility index (Phi) is 9.13. The molecule has 7 heteroatoms. The van der Waals surface area contributed by atoms with Gasteiger partial charge in [-0.25, -0.2) is 4.98 Å². The third kappa shape index (κ3) is 6.68. The number of aryl methyl sites for hydroxylation is 3.